The van der Waals surface area contributed by atoms with Crippen LogP contribution in [0.25, 0.3) is 0 Å². The Morgan fingerprint density at radius 3 is 2.58 bits per heavy atom. The molecule has 0 fully saturated rings. The van der Waals surface area contributed by atoms with E-state index in [1.165, 1.54) is 0 Å². The lowest BCUT2D eigenvalue weighted by molar-refractivity contribution is 0.544. The van der Waals surface area contributed by atoms with Crippen LogP contribution >= 0.6 is 15.9 Å². The predicted molar refractivity (Wildman–Crippen MR) is 81.4 cm³/mol. The van der Waals surface area contributed by atoms with Gasteiger partial charge in [-0.15, -0.1) is 0 Å². The molecule has 0 unspecified atom stereocenters. The Labute approximate surface area is 120 Å². The lowest BCUT2D eigenvalue weighted by Gasteiger charge is -2.16. The van der Waals surface area contributed by atoms with Crippen LogP contribution in [0, 0.1) is 0 Å². The Bertz CT molecular complexity index is 649. The molecule has 0 spiro atoms. The molecule has 1 heterocycles. The van der Waals surface area contributed by atoms with E-state index >= 15 is 0 Å². The smallest absolute Gasteiger partial charge is 0.290 e. The van der Waals surface area contributed by atoms with Crippen LogP contribution in [0.2, 0.25) is 0 Å². The van der Waals surface area contributed by atoms with E-state index in [0.717, 1.165) is 15.7 Å². The van der Waals surface area contributed by atoms with Gasteiger partial charge in [-0.3, -0.25) is 9.89 Å². The number of nitrogens with two attached hydrogens (primary N) is 1. The van der Waals surface area contributed by atoms with Gasteiger partial charge in [0.2, 0.25) is 0 Å². The van der Waals surface area contributed by atoms with Crippen LogP contribution in [-0.2, 0) is 12.0 Å². The van der Waals surface area contributed by atoms with Gasteiger partial charge in [0, 0.05) is 9.89 Å². The molecule has 2 rings (SSSR count). The minimum atomic E-state index is -0.175. The molecule has 2 aromatic rings. The van der Waals surface area contributed by atoms with E-state index in [0.29, 0.717) is 12.2 Å². The molecule has 0 atom stereocenters. The zero-order valence-electron chi connectivity index (χ0n) is 11.3. The highest BCUT2D eigenvalue weighted by atomic mass is 79.9. The maximum atomic E-state index is 12.1. The molecule has 0 amide bonds. The number of nitrogens with zero attached hydrogens (tertiary/aromatic N) is 1. The van der Waals surface area contributed by atoms with Crippen molar-refractivity contribution in [3.63, 3.8) is 0 Å². The Hall–Kier alpha value is -1.49. The molecule has 0 aliphatic rings. The van der Waals surface area contributed by atoms with Crippen LogP contribution in [0.15, 0.2) is 33.5 Å². The fourth-order valence-corrected chi connectivity index (χ4v) is 2.45. The van der Waals surface area contributed by atoms with Gasteiger partial charge < -0.3 is 5.73 Å². The summed E-state index contributed by atoms with van der Waals surface area (Å²) in [5, 5.41) is 3.12. The van der Waals surface area contributed by atoms with Gasteiger partial charge in [0.1, 0.15) is 5.69 Å². The quantitative estimate of drug-likeness (QED) is 0.892. The molecule has 0 saturated carbocycles. The van der Waals surface area contributed by atoms with Gasteiger partial charge in [-0.05, 0) is 17.7 Å². The maximum Gasteiger partial charge on any atom is 0.290 e. The first-order valence-corrected chi connectivity index (χ1v) is 6.91. The summed E-state index contributed by atoms with van der Waals surface area (Å²) >= 11 is 3.42. The van der Waals surface area contributed by atoms with E-state index in [4.69, 9.17) is 5.73 Å². The minimum absolute atomic E-state index is 0.162. The van der Waals surface area contributed by atoms with Gasteiger partial charge >= 0.3 is 0 Å². The van der Waals surface area contributed by atoms with Crippen LogP contribution in [-0.4, -0.2) is 9.78 Å². The molecule has 1 aromatic carbocycles. The summed E-state index contributed by atoms with van der Waals surface area (Å²) in [7, 11) is 0. The summed E-state index contributed by atoms with van der Waals surface area (Å²) in [5.41, 5.74) is 7.69. The first-order chi connectivity index (χ1) is 8.79. The summed E-state index contributed by atoms with van der Waals surface area (Å²) in [6.45, 7) is 6.56. The molecule has 0 radical (unpaired) electrons. The largest absolute Gasteiger partial charge is 0.393 e. The molecular formula is C14H18BrN3O. The van der Waals surface area contributed by atoms with Crippen LogP contribution in [0.5, 0.6) is 0 Å². The molecule has 0 aliphatic heterocycles. The molecule has 19 heavy (non-hydrogen) atoms. The van der Waals surface area contributed by atoms with Crippen molar-refractivity contribution >= 4 is 21.6 Å². The lowest BCUT2D eigenvalue weighted by atomic mass is 9.91. The fraction of sp³-hybridized carbons (Fsp3) is 0.357. The number of H-pyrrole nitrogens is 1. The van der Waals surface area contributed by atoms with Crippen molar-refractivity contribution in [2.24, 2.45) is 0 Å². The number of anilines is 1. The molecule has 5 heteroatoms. The number of hydrogen-bond acceptors (Lipinski definition) is 2. The van der Waals surface area contributed by atoms with E-state index in [2.05, 4.69) is 21.0 Å². The highest BCUT2D eigenvalue weighted by Gasteiger charge is 2.22. The first kappa shape index (κ1) is 13.9. The summed E-state index contributed by atoms with van der Waals surface area (Å²) in [6.07, 6.45) is 0. The molecule has 3 N–H and O–H groups in total. The molecule has 102 valence electrons. The number of rotatable bonds is 2. The first-order valence-electron chi connectivity index (χ1n) is 6.12. The third kappa shape index (κ3) is 2.92. The number of benzene rings is 1. The number of nitrogens with one attached hydrogen (secondary N) is 1. The van der Waals surface area contributed by atoms with Gasteiger partial charge in [0.25, 0.3) is 5.56 Å². The number of aromatic nitrogens is 2. The maximum absolute atomic E-state index is 12.1. The van der Waals surface area contributed by atoms with Crippen LogP contribution < -0.4 is 11.3 Å². The number of hydrogen-bond donors (Lipinski definition) is 2. The second-order valence-electron chi connectivity index (χ2n) is 5.67. The third-order valence-electron chi connectivity index (χ3n) is 2.97. The molecule has 0 saturated heterocycles. The SMILES string of the molecule is CC(C)(C)c1[nH]n(Cc2cccc(Br)c2)c(=O)c1N. The summed E-state index contributed by atoms with van der Waals surface area (Å²) in [4.78, 5) is 12.1. The minimum Gasteiger partial charge on any atom is -0.393 e. The fourth-order valence-electron chi connectivity index (χ4n) is 2.00. The molecule has 0 bridgehead atoms. The van der Waals surface area contributed by atoms with Gasteiger partial charge in [0.05, 0.1) is 12.2 Å². The number of aromatic amines is 1. The number of nitrogen functional groups attached to an aromatic ring is 1. The van der Waals surface area contributed by atoms with Crippen molar-refractivity contribution in [1.29, 1.82) is 0 Å². The summed E-state index contributed by atoms with van der Waals surface area (Å²) < 4.78 is 2.55. The molecular weight excluding hydrogens is 306 g/mol. The summed E-state index contributed by atoms with van der Waals surface area (Å²) in [5.74, 6) is 0. The van der Waals surface area contributed by atoms with Crippen LogP contribution in [0.4, 0.5) is 5.69 Å². The van der Waals surface area contributed by atoms with Crippen LogP contribution in [0.3, 0.4) is 0 Å². The van der Waals surface area contributed by atoms with E-state index in [9.17, 15) is 4.79 Å². The van der Waals surface area contributed by atoms with Gasteiger partial charge in [0.15, 0.2) is 0 Å². The Balaban J connectivity index is 2.40. The van der Waals surface area contributed by atoms with Crippen LogP contribution in [0.1, 0.15) is 32.0 Å². The zero-order chi connectivity index (χ0) is 14.2. The van der Waals surface area contributed by atoms with E-state index < -0.39 is 0 Å². The van der Waals surface area contributed by atoms with Crippen molar-refractivity contribution in [3.8, 4) is 0 Å². The topological polar surface area (TPSA) is 63.8 Å². The average molecular weight is 324 g/mol. The third-order valence-corrected chi connectivity index (χ3v) is 3.46. The Morgan fingerprint density at radius 1 is 1.37 bits per heavy atom. The predicted octanol–water partition coefficient (Wildman–Crippen LogP) is 2.87. The standard InChI is InChI=1S/C14H18BrN3O/c1-14(2,3)12-11(16)13(19)18(17-12)8-9-5-4-6-10(15)7-9/h4-7,17H,8,16H2,1-3H3. The van der Waals surface area contributed by atoms with Crippen molar-refractivity contribution in [1.82, 2.24) is 9.78 Å². The van der Waals surface area contributed by atoms with Crippen molar-refractivity contribution in [2.75, 3.05) is 5.73 Å². The van der Waals surface area contributed by atoms with Gasteiger partial charge in [-0.1, -0.05) is 48.8 Å². The van der Waals surface area contributed by atoms with Gasteiger partial charge in [-0.2, -0.15) is 0 Å². The van der Waals surface area contributed by atoms with Gasteiger partial charge in [-0.25, -0.2) is 4.68 Å². The van der Waals surface area contributed by atoms with E-state index in [-0.39, 0.29) is 11.0 Å². The van der Waals surface area contributed by atoms with Crippen molar-refractivity contribution in [3.05, 3.63) is 50.3 Å². The monoisotopic (exact) mass is 323 g/mol. The highest BCUT2D eigenvalue weighted by Crippen LogP contribution is 2.23. The Morgan fingerprint density at radius 2 is 2.05 bits per heavy atom. The zero-order valence-corrected chi connectivity index (χ0v) is 12.9. The molecule has 0 aliphatic carbocycles. The molecule has 1 aromatic heterocycles. The second-order valence-corrected chi connectivity index (χ2v) is 6.59. The second kappa shape index (κ2) is 4.89. The van der Waals surface area contributed by atoms with Crippen molar-refractivity contribution < 1.29 is 0 Å². The normalized spacial score (nSPS) is 11.8. The lowest BCUT2D eigenvalue weighted by Crippen LogP contribution is -2.19. The Kier molecular flexibility index (Phi) is 3.58. The van der Waals surface area contributed by atoms with E-state index in [1.54, 1.807) is 4.68 Å². The van der Waals surface area contributed by atoms with Crippen molar-refractivity contribution in [2.45, 2.75) is 32.7 Å². The van der Waals surface area contributed by atoms with E-state index in [1.807, 2.05) is 45.0 Å². The average Bonchev–Trinajstić information content (AvgIpc) is 2.57. The number of halogens is 1. The highest BCUT2D eigenvalue weighted by molar-refractivity contribution is 9.10. The molecule has 4 nitrogen and oxygen atoms in total. The summed E-state index contributed by atoms with van der Waals surface area (Å²) in [6, 6.07) is 7.86.